The molecule has 4 heteroatoms. The third-order valence-electron chi connectivity index (χ3n) is 9.65. The van der Waals surface area contributed by atoms with Crippen molar-refractivity contribution >= 4 is 53.3 Å². The lowest BCUT2D eigenvalue weighted by atomic mass is 9.95. The third kappa shape index (κ3) is 4.65. The fourth-order valence-corrected chi connectivity index (χ4v) is 8.57. The van der Waals surface area contributed by atoms with E-state index in [0.717, 1.165) is 45.0 Å². The summed E-state index contributed by atoms with van der Waals surface area (Å²) in [6, 6.07) is 60.5. The number of para-hydroxylation sites is 2. The number of fused-ring (bicyclic) bond motifs is 6. The van der Waals surface area contributed by atoms with Crippen molar-refractivity contribution in [2.24, 2.45) is 0 Å². The molecule has 0 aliphatic rings. The van der Waals surface area contributed by atoms with Gasteiger partial charge in [0.25, 0.3) is 0 Å². The fraction of sp³-hybridized carbons (Fsp3) is 0. The summed E-state index contributed by atoms with van der Waals surface area (Å²) in [6.45, 7) is 0. The highest BCUT2D eigenvalue weighted by Crippen LogP contribution is 2.44. The SMILES string of the molecule is c1ccc(-c2ncc(-c3cccc(-c4cc(-n5c6ccccc6c6ccccc65)cc5c4sc4ccccc45)c3)c(-c3ccccc3)n2)cc1. The van der Waals surface area contributed by atoms with Crippen molar-refractivity contribution in [1.29, 1.82) is 0 Å². The Kier molecular flexibility index (Phi) is 6.68. The molecule has 0 radical (unpaired) electrons. The van der Waals surface area contributed by atoms with Crippen LogP contribution in [0.1, 0.15) is 0 Å². The molecule has 0 N–H and O–H groups in total. The number of aromatic nitrogens is 3. The Labute approximate surface area is 293 Å². The summed E-state index contributed by atoms with van der Waals surface area (Å²) in [6.07, 6.45) is 1.99. The Morgan fingerprint density at radius 2 is 1.02 bits per heavy atom. The molecule has 0 aliphatic heterocycles. The zero-order valence-electron chi connectivity index (χ0n) is 27.0. The molecule has 0 unspecified atom stereocenters. The van der Waals surface area contributed by atoms with Gasteiger partial charge in [-0.05, 0) is 47.5 Å². The van der Waals surface area contributed by atoms with E-state index in [0.29, 0.717) is 0 Å². The van der Waals surface area contributed by atoms with Crippen molar-refractivity contribution < 1.29 is 0 Å². The van der Waals surface area contributed by atoms with Crippen molar-refractivity contribution in [1.82, 2.24) is 14.5 Å². The highest BCUT2D eigenvalue weighted by atomic mass is 32.1. The van der Waals surface area contributed by atoms with Gasteiger partial charge in [0.1, 0.15) is 0 Å². The molecule has 7 aromatic carbocycles. The molecule has 50 heavy (non-hydrogen) atoms. The summed E-state index contributed by atoms with van der Waals surface area (Å²) in [5.74, 6) is 0.718. The summed E-state index contributed by atoms with van der Waals surface area (Å²) in [4.78, 5) is 10.1. The molecule has 0 saturated heterocycles. The molecule has 0 saturated carbocycles. The molecular formula is C46H29N3S. The molecule has 0 aliphatic carbocycles. The van der Waals surface area contributed by atoms with Crippen molar-refractivity contribution in [3.8, 4) is 50.6 Å². The molecule has 3 heterocycles. The normalized spacial score (nSPS) is 11.6. The number of hydrogen-bond acceptors (Lipinski definition) is 3. The maximum Gasteiger partial charge on any atom is 0.159 e. The molecule has 10 aromatic rings. The molecule has 0 atom stereocenters. The molecule has 234 valence electrons. The quantitative estimate of drug-likeness (QED) is 0.185. The molecule has 10 rings (SSSR count). The Balaban J connectivity index is 1.21. The van der Waals surface area contributed by atoms with E-state index in [1.54, 1.807) is 0 Å². The van der Waals surface area contributed by atoms with Crippen molar-refractivity contribution in [3.63, 3.8) is 0 Å². The number of rotatable bonds is 5. The number of thiophene rings is 1. The first-order valence-electron chi connectivity index (χ1n) is 16.8. The second-order valence-electron chi connectivity index (χ2n) is 12.6. The van der Waals surface area contributed by atoms with Crippen LogP contribution < -0.4 is 0 Å². The van der Waals surface area contributed by atoms with Crippen LogP contribution >= 0.6 is 11.3 Å². The van der Waals surface area contributed by atoms with Crippen LogP contribution in [0.4, 0.5) is 0 Å². The van der Waals surface area contributed by atoms with Gasteiger partial charge in [-0.1, -0.05) is 133 Å². The highest BCUT2D eigenvalue weighted by molar-refractivity contribution is 7.26. The lowest BCUT2D eigenvalue weighted by Crippen LogP contribution is -1.96. The van der Waals surface area contributed by atoms with Gasteiger partial charge in [-0.3, -0.25) is 0 Å². The van der Waals surface area contributed by atoms with Gasteiger partial charge in [0.2, 0.25) is 0 Å². The Hall–Kier alpha value is -6.36. The predicted octanol–water partition coefficient (Wildman–Crippen LogP) is 12.6. The van der Waals surface area contributed by atoms with Crippen LogP contribution in [0.3, 0.4) is 0 Å². The van der Waals surface area contributed by atoms with Crippen molar-refractivity contribution in [2.45, 2.75) is 0 Å². The standard InChI is InChI=1S/C46H29N3S/c1-3-14-30(15-4-1)44-40(29-47-46(48-44)31-16-5-2-6-17-31)33-19-13-18-32(26-33)38-27-34(28-39-37-22-9-12-25-43(37)50-45(38)39)49-41-23-10-7-20-35(41)36-21-8-11-24-42(36)49/h1-29H. The summed E-state index contributed by atoms with van der Waals surface area (Å²) in [5.41, 5.74) is 11.0. The lowest BCUT2D eigenvalue weighted by Gasteiger charge is -2.14. The number of benzene rings is 7. The van der Waals surface area contributed by atoms with Crippen molar-refractivity contribution in [3.05, 3.63) is 176 Å². The minimum atomic E-state index is 0.718. The van der Waals surface area contributed by atoms with Gasteiger partial charge in [0.05, 0.1) is 16.7 Å². The molecule has 3 nitrogen and oxygen atoms in total. The van der Waals surface area contributed by atoms with Gasteiger partial charge in [0, 0.05) is 65.1 Å². The lowest BCUT2D eigenvalue weighted by molar-refractivity contribution is 1.18. The van der Waals surface area contributed by atoms with Crippen LogP contribution in [0.2, 0.25) is 0 Å². The molecule has 0 spiro atoms. The van der Waals surface area contributed by atoms with E-state index < -0.39 is 0 Å². The largest absolute Gasteiger partial charge is 0.309 e. The first-order valence-corrected chi connectivity index (χ1v) is 17.6. The Morgan fingerprint density at radius 3 is 1.74 bits per heavy atom. The molecular weight excluding hydrogens is 627 g/mol. The van der Waals surface area contributed by atoms with E-state index >= 15 is 0 Å². The van der Waals surface area contributed by atoms with E-state index in [1.807, 2.05) is 41.8 Å². The summed E-state index contributed by atoms with van der Waals surface area (Å²) in [5, 5.41) is 5.07. The molecule has 3 aromatic heterocycles. The summed E-state index contributed by atoms with van der Waals surface area (Å²) < 4.78 is 5.00. The van der Waals surface area contributed by atoms with Crippen molar-refractivity contribution in [2.75, 3.05) is 0 Å². The minimum absolute atomic E-state index is 0.718. The van der Waals surface area contributed by atoms with E-state index in [1.165, 1.54) is 47.5 Å². The van der Waals surface area contributed by atoms with Gasteiger partial charge in [-0.2, -0.15) is 0 Å². The van der Waals surface area contributed by atoms with Gasteiger partial charge in [-0.15, -0.1) is 11.3 Å². The van der Waals surface area contributed by atoms with Crippen LogP contribution in [0.15, 0.2) is 176 Å². The number of hydrogen-bond donors (Lipinski definition) is 0. The second kappa shape index (κ2) is 11.7. The predicted molar refractivity (Wildman–Crippen MR) is 211 cm³/mol. The number of nitrogens with zero attached hydrogens (tertiary/aromatic N) is 3. The Bertz CT molecular complexity index is 2810. The fourth-order valence-electron chi connectivity index (χ4n) is 7.35. The van der Waals surface area contributed by atoms with E-state index in [-0.39, 0.29) is 0 Å². The average Bonchev–Trinajstić information content (AvgIpc) is 3.74. The maximum absolute atomic E-state index is 5.16. The van der Waals surface area contributed by atoms with Gasteiger partial charge in [0.15, 0.2) is 5.82 Å². The maximum atomic E-state index is 5.16. The monoisotopic (exact) mass is 655 g/mol. The van der Waals surface area contributed by atoms with Crippen LogP contribution in [-0.2, 0) is 0 Å². The third-order valence-corrected chi connectivity index (χ3v) is 10.9. The van der Waals surface area contributed by atoms with E-state index in [4.69, 9.17) is 9.97 Å². The minimum Gasteiger partial charge on any atom is -0.309 e. The first kappa shape index (κ1) is 28.6. The molecule has 0 amide bonds. The topological polar surface area (TPSA) is 30.7 Å². The summed E-state index contributed by atoms with van der Waals surface area (Å²) >= 11 is 1.86. The van der Waals surface area contributed by atoms with Gasteiger partial charge in [-0.25, -0.2) is 9.97 Å². The zero-order valence-corrected chi connectivity index (χ0v) is 27.8. The van der Waals surface area contributed by atoms with Gasteiger partial charge >= 0.3 is 0 Å². The van der Waals surface area contributed by atoms with E-state index in [2.05, 4.69) is 150 Å². The van der Waals surface area contributed by atoms with Crippen LogP contribution in [0.5, 0.6) is 0 Å². The van der Waals surface area contributed by atoms with Crippen LogP contribution in [-0.4, -0.2) is 14.5 Å². The smallest absolute Gasteiger partial charge is 0.159 e. The molecule has 0 bridgehead atoms. The van der Waals surface area contributed by atoms with Crippen LogP contribution in [0, 0.1) is 0 Å². The Morgan fingerprint density at radius 1 is 0.440 bits per heavy atom. The van der Waals surface area contributed by atoms with Gasteiger partial charge < -0.3 is 4.57 Å². The summed E-state index contributed by atoms with van der Waals surface area (Å²) in [7, 11) is 0. The second-order valence-corrected chi connectivity index (χ2v) is 13.7. The van der Waals surface area contributed by atoms with E-state index in [9.17, 15) is 0 Å². The first-order chi connectivity index (χ1) is 24.8. The zero-order chi connectivity index (χ0) is 33.0. The highest BCUT2D eigenvalue weighted by Gasteiger charge is 2.19. The molecule has 0 fully saturated rings. The average molecular weight is 656 g/mol. The van der Waals surface area contributed by atoms with Crippen LogP contribution in [0.25, 0.3) is 92.6 Å².